The summed E-state index contributed by atoms with van der Waals surface area (Å²) in [5.74, 6) is 0.506. The van der Waals surface area contributed by atoms with Crippen LogP contribution in [-0.4, -0.2) is 7.11 Å². The van der Waals surface area contributed by atoms with Gasteiger partial charge in [-0.15, -0.1) is 0 Å². The zero-order valence-electron chi connectivity index (χ0n) is 12.4. The minimum Gasteiger partial charge on any atom is -0.497 e. The first-order valence-electron chi connectivity index (χ1n) is 6.65. The van der Waals surface area contributed by atoms with E-state index < -0.39 is 23.5 Å². The molecule has 0 heterocycles. The van der Waals surface area contributed by atoms with Gasteiger partial charge in [0.05, 0.1) is 18.2 Å². The minimum absolute atomic E-state index is 0.0502. The first-order chi connectivity index (χ1) is 11.0. The van der Waals surface area contributed by atoms with Gasteiger partial charge in [0, 0.05) is 0 Å². The third-order valence-electron chi connectivity index (χ3n) is 3.37. The average molecular weight is 346 g/mol. The molecule has 0 bridgehead atoms. The topological polar surface area (TPSA) is 9.23 Å². The SMILES string of the molecule is C=C(c1ccc(OC)cc1)c1cc(C(F)(F)F)cc(C(F)(F)F)c1. The van der Waals surface area contributed by atoms with E-state index in [0.717, 1.165) is 0 Å². The molecular weight excluding hydrogens is 334 g/mol. The summed E-state index contributed by atoms with van der Waals surface area (Å²) in [6.07, 6.45) is -9.79. The minimum atomic E-state index is -4.89. The summed E-state index contributed by atoms with van der Waals surface area (Å²) in [5, 5.41) is 0. The Morgan fingerprint density at radius 1 is 0.792 bits per heavy atom. The Hall–Kier alpha value is -2.44. The molecule has 1 nitrogen and oxygen atoms in total. The van der Waals surface area contributed by atoms with Crippen molar-refractivity contribution in [1.82, 2.24) is 0 Å². The van der Waals surface area contributed by atoms with E-state index in [1.165, 1.54) is 19.2 Å². The van der Waals surface area contributed by atoms with Crippen LogP contribution >= 0.6 is 0 Å². The van der Waals surface area contributed by atoms with Crippen molar-refractivity contribution in [3.63, 3.8) is 0 Å². The van der Waals surface area contributed by atoms with Gasteiger partial charge in [0.25, 0.3) is 0 Å². The van der Waals surface area contributed by atoms with Crippen LogP contribution in [0.3, 0.4) is 0 Å². The molecule has 0 aliphatic rings. The van der Waals surface area contributed by atoms with Crippen LogP contribution in [0.15, 0.2) is 49.0 Å². The van der Waals surface area contributed by atoms with Crippen molar-refractivity contribution in [3.8, 4) is 5.75 Å². The summed E-state index contributed by atoms with van der Waals surface area (Å²) in [6.45, 7) is 3.62. The second kappa shape index (κ2) is 6.22. The van der Waals surface area contributed by atoms with Gasteiger partial charge in [-0.05, 0) is 47.0 Å². The van der Waals surface area contributed by atoms with Gasteiger partial charge in [-0.25, -0.2) is 0 Å². The van der Waals surface area contributed by atoms with Crippen molar-refractivity contribution < 1.29 is 31.1 Å². The van der Waals surface area contributed by atoms with Crippen LogP contribution in [-0.2, 0) is 12.4 Å². The molecule has 7 heteroatoms. The average Bonchev–Trinajstić information content (AvgIpc) is 2.52. The Morgan fingerprint density at radius 2 is 1.25 bits per heavy atom. The van der Waals surface area contributed by atoms with E-state index in [4.69, 9.17) is 4.74 Å². The highest BCUT2D eigenvalue weighted by molar-refractivity contribution is 5.79. The molecule has 2 aromatic rings. The molecule has 0 spiro atoms. The number of hydrogen-bond acceptors (Lipinski definition) is 1. The van der Waals surface area contributed by atoms with E-state index in [1.54, 1.807) is 12.1 Å². The van der Waals surface area contributed by atoms with Gasteiger partial charge in [-0.3, -0.25) is 0 Å². The number of alkyl halides is 6. The Bertz CT molecular complexity index is 709. The standard InChI is InChI=1S/C17H12F6O/c1-10(11-3-5-15(24-2)6-4-11)12-7-13(16(18,19)20)9-14(8-12)17(21,22)23/h3-9H,1H2,2H3. The highest BCUT2D eigenvalue weighted by atomic mass is 19.4. The lowest BCUT2D eigenvalue weighted by molar-refractivity contribution is -0.143. The van der Waals surface area contributed by atoms with Crippen LogP contribution in [0.2, 0.25) is 0 Å². The second-order valence-corrected chi connectivity index (χ2v) is 5.00. The van der Waals surface area contributed by atoms with Gasteiger partial charge in [0.15, 0.2) is 0 Å². The van der Waals surface area contributed by atoms with Crippen LogP contribution in [0, 0.1) is 0 Å². The molecule has 2 rings (SSSR count). The Morgan fingerprint density at radius 3 is 1.62 bits per heavy atom. The van der Waals surface area contributed by atoms with Crippen molar-refractivity contribution in [3.05, 3.63) is 71.3 Å². The molecule has 24 heavy (non-hydrogen) atoms. The van der Waals surface area contributed by atoms with E-state index in [-0.39, 0.29) is 17.2 Å². The first kappa shape index (κ1) is 17.9. The summed E-state index contributed by atoms with van der Waals surface area (Å²) < 4.78 is 82.3. The zero-order valence-corrected chi connectivity index (χ0v) is 12.4. The summed E-state index contributed by atoms with van der Waals surface area (Å²) in [7, 11) is 1.44. The fourth-order valence-electron chi connectivity index (χ4n) is 2.09. The molecule has 0 unspecified atom stereocenters. The molecular formula is C17H12F6O. The Kier molecular flexibility index (Phi) is 4.64. The molecule has 0 radical (unpaired) electrons. The number of rotatable bonds is 3. The number of methoxy groups -OCH3 is 1. The largest absolute Gasteiger partial charge is 0.497 e. The summed E-state index contributed by atoms with van der Waals surface area (Å²) in [4.78, 5) is 0. The van der Waals surface area contributed by atoms with Gasteiger partial charge < -0.3 is 4.74 Å². The summed E-state index contributed by atoms with van der Waals surface area (Å²) in [6, 6.07) is 7.50. The third kappa shape index (κ3) is 3.90. The lowest BCUT2D eigenvalue weighted by Crippen LogP contribution is -2.11. The lowest BCUT2D eigenvalue weighted by Gasteiger charge is -2.15. The van der Waals surface area contributed by atoms with E-state index in [2.05, 4.69) is 6.58 Å². The summed E-state index contributed by atoms with van der Waals surface area (Å²) in [5.41, 5.74) is -2.55. The molecule has 0 atom stereocenters. The fourth-order valence-corrected chi connectivity index (χ4v) is 2.09. The van der Waals surface area contributed by atoms with Crippen molar-refractivity contribution in [2.45, 2.75) is 12.4 Å². The van der Waals surface area contributed by atoms with Crippen LogP contribution in [0.4, 0.5) is 26.3 Å². The maximum atomic E-state index is 12.9. The smallest absolute Gasteiger partial charge is 0.416 e. The monoisotopic (exact) mass is 346 g/mol. The zero-order chi connectivity index (χ0) is 18.1. The quantitative estimate of drug-likeness (QED) is 0.639. The fraction of sp³-hybridized carbons (Fsp3) is 0.176. The molecule has 0 N–H and O–H groups in total. The van der Waals surface area contributed by atoms with Gasteiger partial charge in [0.1, 0.15) is 5.75 Å². The van der Waals surface area contributed by atoms with Crippen molar-refractivity contribution >= 4 is 5.57 Å². The van der Waals surface area contributed by atoms with Crippen molar-refractivity contribution in [1.29, 1.82) is 0 Å². The number of ether oxygens (including phenoxy) is 1. The van der Waals surface area contributed by atoms with Crippen LogP contribution < -0.4 is 4.74 Å². The van der Waals surface area contributed by atoms with Crippen molar-refractivity contribution in [2.24, 2.45) is 0 Å². The third-order valence-corrected chi connectivity index (χ3v) is 3.37. The Balaban J connectivity index is 2.53. The lowest BCUT2D eigenvalue weighted by atomic mass is 9.95. The number of benzene rings is 2. The molecule has 0 aromatic heterocycles. The first-order valence-corrected chi connectivity index (χ1v) is 6.65. The highest BCUT2D eigenvalue weighted by Gasteiger charge is 2.37. The molecule has 0 amide bonds. The molecule has 2 aromatic carbocycles. The maximum Gasteiger partial charge on any atom is 0.416 e. The number of halogens is 6. The number of hydrogen-bond donors (Lipinski definition) is 0. The van der Waals surface area contributed by atoms with E-state index in [9.17, 15) is 26.3 Å². The summed E-state index contributed by atoms with van der Waals surface area (Å²) >= 11 is 0. The molecule has 0 aliphatic carbocycles. The molecule has 0 aliphatic heterocycles. The molecule has 128 valence electrons. The Labute approximate surface area is 134 Å². The van der Waals surface area contributed by atoms with Crippen LogP contribution in [0.1, 0.15) is 22.3 Å². The van der Waals surface area contributed by atoms with E-state index >= 15 is 0 Å². The van der Waals surface area contributed by atoms with Gasteiger partial charge in [-0.1, -0.05) is 18.7 Å². The predicted octanol–water partition coefficient (Wildman–Crippen LogP) is 5.79. The molecule has 0 saturated carbocycles. The predicted molar refractivity (Wildman–Crippen MR) is 77.6 cm³/mol. The highest BCUT2D eigenvalue weighted by Crippen LogP contribution is 2.38. The molecule has 0 saturated heterocycles. The second-order valence-electron chi connectivity index (χ2n) is 5.00. The van der Waals surface area contributed by atoms with E-state index in [1.807, 2.05) is 0 Å². The van der Waals surface area contributed by atoms with Gasteiger partial charge >= 0.3 is 12.4 Å². The molecule has 0 fully saturated rings. The van der Waals surface area contributed by atoms with Gasteiger partial charge in [-0.2, -0.15) is 26.3 Å². The van der Waals surface area contributed by atoms with E-state index in [0.29, 0.717) is 23.4 Å². The van der Waals surface area contributed by atoms with Crippen molar-refractivity contribution in [2.75, 3.05) is 7.11 Å². The normalized spacial score (nSPS) is 12.1. The van der Waals surface area contributed by atoms with Crippen LogP contribution in [0.5, 0.6) is 5.75 Å². The van der Waals surface area contributed by atoms with Crippen LogP contribution in [0.25, 0.3) is 5.57 Å². The maximum absolute atomic E-state index is 12.9. The van der Waals surface area contributed by atoms with Gasteiger partial charge in [0.2, 0.25) is 0 Å².